The Kier molecular flexibility index (Phi) is 4.48. The zero-order chi connectivity index (χ0) is 13.0. The third kappa shape index (κ3) is 3.16. The minimum atomic E-state index is -0.0925. The van der Waals surface area contributed by atoms with Gasteiger partial charge in [-0.25, -0.2) is 0 Å². The van der Waals surface area contributed by atoms with Gasteiger partial charge in [-0.1, -0.05) is 6.92 Å². The van der Waals surface area contributed by atoms with E-state index in [0.717, 1.165) is 43.5 Å². The van der Waals surface area contributed by atoms with Gasteiger partial charge in [0.1, 0.15) is 5.75 Å². The van der Waals surface area contributed by atoms with E-state index in [-0.39, 0.29) is 6.10 Å². The smallest absolute Gasteiger partial charge is 0.122 e. The van der Waals surface area contributed by atoms with Crippen LogP contribution < -0.4 is 10.1 Å². The zero-order valence-electron chi connectivity index (χ0n) is 11.3. The lowest BCUT2D eigenvalue weighted by Crippen LogP contribution is -2.28. The lowest BCUT2D eigenvalue weighted by molar-refractivity contribution is 0.126. The highest BCUT2D eigenvalue weighted by Crippen LogP contribution is 2.26. The summed E-state index contributed by atoms with van der Waals surface area (Å²) in [5, 5.41) is 13.1. The third-order valence-corrected chi connectivity index (χ3v) is 3.73. The number of rotatable bonds is 4. The summed E-state index contributed by atoms with van der Waals surface area (Å²) in [6.45, 7) is 2.14. The third-order valence-electron chi connectivity index (χ3n) is 3.73. The Bertz CT molecular complexity index is 384. The summed E-state index contributed by atoms with van der Waals surface area (Å²) in [4.78, 5) is 0. The molecule has 0 amide bonds. The number of anilines is 1. The van der Waals surface area contributed by atoms with E-state index in [0.29, 0.717) is 6.04 Å². The summed E-state index contributed by atoms with van der Waals surface area (Å²) in [6, 6.07) is 6.76. The summed E-state index contributed by atoms with van der Waals surface area (Å²) in [5.41, 5.74) is 2.40. The number of hydrogen-bond donors (Lipinski definition) is 2. The first kappa shape index (κ1) is 13.2. The zero-order valence-corrected chi connectivity index (χ0v) is 11.3. The lowest BCUT2D eigenvalue weighted by Gasteiger charge is -2.27. The van der Waals surface area contributed by atoms with Crippen molar-refractivity contribution in [2.24, 2.45) is 0 Å². The van der Waals surface area contributed by atoms with Crippen molar-refractivity contribution in [1.82, 2.24) is 0 Å². The maximum Gasteiger partial charge on any atom is 0.122 e. The van der Waals surface area contributed by atoms with E-state index in [1.807, 2.05) is 6.07 Å². The molecule has 1 aromatic rings. The number of aliphatic hydroxyl groups excluding tert-OH is 1. The molecule has 3 heteroatoms. The lowest BCUT2D eigenvalue weighted by atomic mass is 9.93. The van der Waals surface area contributed by atoms with Crippen molar-refractivity contribution >= 4 is 5.69 Å². The highest BCUT2D eigenvalue weighted by atomic mass is 16.5. The molecule has 100 valence electrons. The molecule has 0 atom stereocenters. The van der Waals surface area contributed by atoms with Crippen molar-refractivity contribution < 1.29 is 9.84 Å². The van der Waals surface area contributed by atoms with Gasteiger partial charge in [0.2, 0.25) is 0 Å². The summed E-state index contributed by atoms with van der Waals surface area (Å²) < 4.78 is 5.33. The average molecular weight is 249 g/mol. The van der Waals surface area contributed by atoms with Crippen LogP contribution in [0.2, 0.25) is 0 Å². The average Bonchev–Trinajstić information content (AvgIpc) is 2.41. The molecule has 0 heterocycles. The molecule has 0 bridgehead atoms. The van der Waals surface area contributed by atoms with E-state index >= 15 is 0 Å². The standard InChI is InChI=1S/C15H23NO2/c1-3-11-10-13(6-9-15(11)18-2)16-12-4-7-14(17)8-5-12/h6,9-10,12,14,16-17H,3-5,7-8H2,1-2H3. The minimum Gasteiger partial charge on any atom is -0.496 e. The van der Waals surface area contributed by atoms with Crippen LogP contribution in [0.25, 0.3) is 0 Å². The number of aliphatic hydroxyl groups is 1. The van der Waals surface area contributed by atoms with Gasteiger partial charge in [0, 0.05) is 11.7 Å². The van der Waals surface area contributed by atoms with E-state index in [1.54, 1.807) is 7.11 Å². The van der Waals surface area contributed by atoms with E-state index in [4.69, 9.17) is 4.74 Å². The monoisotopic (exact) mass is 249 g/mol. The normalized spacial score (nSPS) is 23.7. The minimum absolute atomic E-state index is 0.0925. The van der Waals surface area contributed by atoms with Gasteiger partial charge >= 0.3 is 0 Å². The molecule has 18 heavy (non-hydrogen) atoms. The van der Waals surface area contributed by atoms with Gasteiger partial charge in [-0.15, -0.1) is 0 Å². The Labute approximate surface area is 109 Å². The molecule has 1 aliphatic carbocycles. The van der Waals surface area contributed by atoms with Crippen LogP contribution in [-0.4, -0.2) is 24.4 Å². The van der Waals surface area contributed by atoms with Gasteiger partial charge in [0.15, 0.2) is 0 Å². The summed E-state index contributed by atoms with van der Waals surface area (Å²) in [7, 11) is 1.71. The second-order valence-electron chi connectivity index (χ2n) is 5.03. The second kappa shape index (κ2) is 6.10. The van der Waals surface area contributed by atoms with Gasteiger partial charge < -0.3 is 15.2 Å². The largest absolute Gasteiger partial charge is 0.496 e. The predicted molar refractivity (Wildman–Crippen MR) is 74.3 cm³/mol. The first-order chi connectivity index (χ1) is 8.72. The molecular weight excluding hydrogens is 226 g/mol. The predicted octanol–water partition coefficient (Wildman–Crippen LogP) is 2.97. The molecule has 0 aliphatic heterocycles. The van der Waals surface area contributed by atoms with Crippen LogP contribution in [0.3, 0.4) is 0 Å². The van der Waals surface area contributed by atoms with Crippen molar-refractivity contribution in [3.05, 3.63) is 23.8 Å². The summed E-state index contributed by atoms with van der Waals surface area (Å²) >= 11 is 0. The van der Waals surface area contributed by atoms with Crippen LogP contribution in [0.4, 0.5) is 5.69 Å². The number of ether oxygens (including phenoxy) is 1. The second-order valence-corrected chi connectivity index (χ2v) is 5.03. The molecule has 2 rings (SSSR count). The van der Waals surface area contributed by atoms with Crippen molar-refractivity contribution in [3.63, 3.8) is 0 Å². The molecular formula is C15H23NO2. The van der Waals surface area contributed by atoms with Gasteiger partial charge in [-0.3, -0.25) is 0 Å². The Hall–Kier alpha value is -1.22. The quantitative estimate of drug-likeness (QED) is 0.862. The van der Waals surface area contributed by atoms with Crippen molar-refractivity contribution in [1.29, 1.82) is 0 Å². The summed E-state index contributed by atoms with van der Waals surface area (Å²) in [6.07, 6.45) is 4.80. The molecule has 0 aromatic heterocycles. The highest BCUT2D eigenvalue weighted by molar-refractivity contribution is 5.51. The molecule has 1 aliphatic rings. The molecule has 2 N–H and O–H groups in total. The fraction of sp³-hybridized carbons (Fsp3) is 0.600. The van der Waals surface area contributed by atoms with Crippen molar-refractivity contribution in [3.8, 4) is 5.75 Å². The molecule has 1 saturated carbocycles. The number of nitrogens with one attached hydrogen (secondary N) is 1. The van der Waals surface area contributed by atoms with Crippen molar-refractivity contribution in [2.75, 3.05) is 12.4 Å². The molecule has 1 aromatic carbocycles. The molecule has 0 radical (unpaired) electrons. The molecule has 0 spiro atoms. The first-order valence-corrected chi connectivity index (χ1v) is 6.84. The van der Waals surface area contributed by atoms with Crippen LogP contribution in [0.5, 0.6) is 5.75 Å². The summed E-state index contributed by atoms with van der Waals surface area (Å²) in [5.74, 6) is 0.960. The van der Waals surface area contributed by atoms with Gasteiger partial charge in [-0.05, 0) is 55.9 Å². The number of methoxy groups -OCH3 is 1. The van der Waals surface area contributed by atoms with Crippen LogP contribution >= 0.6 is 0 Å². The fourth-order valence-electron chi connectivity index (χ4n) is 2.60. The number of aryl methyl sites for hydroxylation is 1. The molecule has 0 unspecified atom stereocenters. The first-order valence-electron chi connectivity index (χ1n) is 6.84. The van der Waals surface area contributed by atoms with E-state index in [2.05, 4.69) is 24.4 Å². The van der Waals surface area contributed by atoms with Gasteiger partial charge in [0.05, 0.1) is 13.2 Å². The van der Waals surface area contributed by atoms with E-state index in [1.165, 1.54) is 5.56 Å². The maximum absolute atomic E-state index is 9.50. The number of hydrogen-bond acceptors (Lipinski definition) is 3. The van der Waals surface area contributed by atoms with E-state index in [9.17, 15) is 5.11 Å². The fourth-order valence-corrected chi connectivity index (χ4v) is 2.60. The molecule has 1 fully saturated rings. The van der Waals surface area contributed by atoms with Crippen molar-refractivity contribution in [2.45, 2.75) is 51.2 Å². The molecule has 3 nitrogen and oxygen atoms in total. The SMILES string of the molecule is CCc1cc(NC2CCC(O)CC2)ccc1OC. The van der Waals surface area contributed by atoms with Crippen LogP contribution in [0.15, 0.2) is 18.2 Å². The highest BCUT2D eigenvalue weighted by Gasteiger charge is 2.19. The number of benzene rings is 1. The Balaban J connectivity index is 2.01. The molecule has 0 saturated heterocycles. The maximum atomic E-state index is 9.50. The van der Waals surface area contributed by atoms with Crippen LogP contribution in [-0.2, 0) is 6.42 Å². The Morgan fingerprint density at radius 1 is 1.28 bits per heavy atom. The van der Waals surface area contributed by atoms with Gasteiger partial charge in [0.25, 0.3) is 0 Å². The Morgan fingerprint density at radius 3 is 2.61 bits per heavy atom. The Morgan fingerprint density at radius 2 is 2.00 bits per heavy atom. The van der Waals surface area contributed by atoms with Crippen LogP contribution in [0.1, 0.15) is 38.2 Å². The van der Waals surface area contributed by atoms with E-state index < -0.39 is 0 Å². The van der Waals surface area contributed by atoms with Crippen LogP contribution in [0, 0.1) is 0 Å². The van der Waals surface area contributed by atoms with Gasteiger partial charge in [-0.2, -0.15) is 0 Å². The topological polar surface area (TPSA) is 41.5 Å².